The summed E-state index contributed by atoms with van der Waals surface area (Å²) in [5, 5.41) is 0.827. The van der Waals surface area contributed by atoms with E-state index in [9.17, 15) is 0 Å². The van der Waals surface area contributed by atoms with E-state index in [4.69, 9.17) is 27.9 Å². The summed E-state index contributed by atoms with van der Waals surface area (Å²) in [7, 11) is 0. The highest BCUT2D eigenvalue weighted by atomic mass is 35.5. The van der Waals surface area contributed by atoms with Gasteiger partial charge in [-0.2, -0.15) is 0 Å². The van der Waals surface area contributed by atoms with Gasteiger partial charge in [0.1, 0.15) is 5.75 Å². The third-order valence-electron chi connectivity index (χ3n) is 3.45. The average molecular weight is 323 g/mol. The third kappa shape index (κ3) is 5.61. The highest BCUT2D eigenvalue weighted by Gasteiger charge is 2.10. The average Bonchev–Trinajstić information content (AvgIpc) is 2.53. The Morgan fingerprint density at radius 1 is 0.952 bits per heavy atom. The Kier molecular flexibility index (Phi) is 6.91. The predicted molar refractivity (Wildman–Crippen MR) is 90.5 cm³/mol. The summed E-state index contributed by atoms with van der Waals surface area (Å²) in [6.07, 6.45) is 2.97. The predicted octanol–water partition coefficient (Wildman–Crippen LogP) is 5.60. The molecule has 2 aromatic carbocycles. The molecule has 2 rings (SSSR count). The van der Waals surface area contributed by atoms with Crippen LogP contribution in [0.2, 0.25) is 5.02 Å². The van der Waals surface area contributed by atoms with Crippen molar-refractivity contribution in [1.82, 2.24) is 0 Å². The first-order chi connectivity index (χ1) is 10.3. The lowest BCUT2D eigenvalue weighted by atomic mass is 9.96. The smallest absolute Gasteiger partial charge is 0.119 e. The third-order valence-corrected chi connectivity index (χ3v) is 4.26. The van der Waals surface area contributed by atoms with Crippen LogP contribution in [0.25, 0.3) is 0 Å². The van der Waals surface area contributed by atoms with Gasteiger partial charge in [0.05, 0.1) is 6.61 Å². The molecular weight excluding hydrogens is 303 g/mol. The molecule has 0 saturated carbocycles. The van der Waals surface area contributed by atoms with Gasteiger partial charge in [-0.1, -0.05) is 48.0 Å². The summed E-state index contributed by atoms with van der Waals surface area (Å²) in [6, 6.07) is 17.9. The van der Waals surface area contributed by atoms with Crippen molar-refractivity contribution in [3.05, 3.63) is 65.2 Å². The van der Waals surface area contributed by atoms with Crippen molar-refractivity contribution in [2.75, 3.05) is 12.5 Å². The van der Waals surface area contributed by atoms with Crippen molar-refractivity contribution in [2.45, 2.75) is 19.3 Å². The van der Waals surface area contributed by atoms with Gasteiger partial charge in [0, 0.05) is 10.9 Å². The van der Waals surface area contributed by atoms with Crippen molar-refractivity contribution >= 4 is 23.2 Å². The Morgan fingerprint density at radius 2 is 1.67 bits per heavy atom. The van der Waals surface area contributed by atoms with E-state index in [-0.39, 0.29) is 0 Å². The van der Waals surface area contributed by atoms with E-state index in [0.717, 1.165) is 36.6 Å². The molecule has 0 aliphatic carbocycles. The fraction of sp³-hybridized carbons (Fsp3) is 0.333. The SMILES string of the molecule is ClCC(CCCOc1ccccc1)Cc1ccccc1Cl. The van der Waals surface area contributed by atoms with Gasteiger partial charge >= 0.3 is 0 Å². The number of halogens is 2. The molecule has 2 aromatic rings. The van der Waals surface area contributed by atoms with Crippen LogP contribution in [0.5, 0.6) is 5.75 Å². The van der Waals surface area contributed by atoms with Crippen LogP contribution in [0.4, 0.5) is 0 Å². The van der Waals surface area contributed by atoms with E-state index in [1.807, 2.05) is 48.5 Å². The van der Waals surface area contributed by atoms with E-state index in [1.165, 1.54) is 5.56 Å². The molecule has 1 nitrogen and oxygen atoms in total. The monoisotopic (exact) mass is 322 g/mol. The molecule has 21 heavy (non-hydrogen) atoms. The first kappa shape index (κ1) is 16.2. The molecular formula is C18H20Cl2O. The zero-order valence-electron chi connectivity index (χ0n) is 12.0. The summed E-state index contributed by atoms with van der Waals surface area (Å²) in [5.74, 6) is 2.01. The molecule has 0 saturated heterocycles. The second-order valence-electron chi connectivity index (χ2n) is 5.12. The number of ether oxygens (including phenoxy) is 1. The second kappa shape index (κ2) is 8.96. The van der Waals surface area contributed by atoms with E-state index < -0.39 is 0 Å². The van der Waals surface area contributed by atoms with Crippen LogP contribution in [0.15, 0.2) is 54.6 Å². The Labute approximate surface area is 136 Å². The van der Waals surface area contributed by atoms with Crippen molar-refractivity contribution in [3.8, 4) is 5.75 Å². The van der Waals surface area contributed by atoms with Crippen LogP contribution >= 0.6 is 23.2 Å². The number of rotatable bonds is 8. The van der Waals surface area contributed by atoms with E-state index in [0.29, 0.717) is 11.8 Å². The van der Waals surface area contributed by atoms with Gasteiger partial charge in [0.2, 0.25) is 0 Å². The summed E-state index contributed by atoms with van der Waals surface area (Å²) < 4.78 is 5.71. The van der Waals surface area contributed by atoms with Gasteiger partial charge in [-0.25, -0.2) is 0 Å². The van der Waals surface area contributed by atoms with Crippen molar-refractivity contribution in [1.29, 1.82) is 0 Å². The number of para-hydroxylation sites is 1. The highest BCUT2D eigenvalue weighted by Crippen LogP contribution is 2.22. The van der Waals surface area contributed by atoms with Gasteiger partial charge in [0.15, 0.2) is 0 Å². The van der Waals surface area contributed by atoms with Crippen LogP contribution in [0, 0.1) is 5.92 Å². The first-order valence-corrected chi connectivity index (χ1v) is 8.18. The summed E-state index contributed by atoms with van der Waals surface area (Å²) in [5.41, 5.74) is 1.17. The second-order valence-corrected chi connectivity index (χ2v) is 5.84. The molecule has 1 unspecified atom stereocenters. The maximum absolute atomic E-state index is 6.20. The number of alkyl halides is 1. The molecule has 0 spiro atoms. The lowest BCUT2D eigenvalue weighted by Crippen LogP contribution is -2.09. The van der Waals surface area contributed by atoms with Crippen LogP contribution in [-0.4, -0.2) is 12.5 Å². The molecule has 1 atom stereocenters. The minimum atomic E-state index is 0.436. The maximum atomic E-state index is 6.20. The number of benzene rings is 2. The van der Waals surface area contributed by atoms with Crippen molar-refractivity contribution in [2.24, 2.45) is 5.92 Å². The molecule has 0 aliphatic rings. The molecule has 0 amide bonds. The van der Waals surface area contributed by atoms with Crippen molar-refractivity contribution in [3.63, 3.8) is 0 Å². The van der Waals surface area contributed by atoms with Gasteiger partial charge in [-0.15, -0.1) is 11.6 Å². The van der Waals surface area contributed by atoms with Gasteiger partial charge in [0.25, 0.3) is 0 Å². The molecule has 0 bridgehead atoms. The molecule has 0 aliphatic heterocycles. The van der Waals surface area contributed by atoms with Crippen LogP contribution in [0.1, 0.15) is 18.4 Å². The summed E-state index contributed by atoms with van der Waals surface area (Å²) >= 11 is 12.3. The van der Waals surface area contributed by atoms with Crippen LogP contribution in [-0.2, 0) is 6.42 Å². The molecule has 112 valence electrons. The zero-order valence-corrected chi connectivity index (χ0v) is 13.5. The Hall–Kier alpha value is -1.18. The summed E-state index contributed by atoms with van der Waals surface area (Å²) in [4.78, 5) is 0. The maximum Gasteiger partial charge on any atom is 0.119 e. The van der Waals surface area contributed by atoms with Gasteiger partial charge in [-0.05, 0) is 48.9 Å². The fourth-order valence-corrected chi connectivity index (χ4v) is 2.76. The van der Waals surface area contributed by atoms with Crippen LogP contribution < -0.4 is 4.74 Å². The number of hydrogen-bond acceptors (Lipinski definition) is 1. The van der Waals surface area contributed by atoms with Gasteiger partial charge < -0.3 is 4.74 Å². The Bertz CT molecular complexity index is 528. The number of hydrogen-bond donors (Lipinski definition) is 0. The minimum Gasteiger partial charge on any atom is -0.494 e. The fourth-order valence-electron chi connectivity index (χ4n) is 2.29. The molecule has 0 radical (unpaired) electrons. The molecule has 0 heterocycles. The highest BCUT2D eigenvalue weighted by molar-refractivity contribution is 6.31. The van der Waals surface area contributed by atoms with Crippen LogP contribution in [0.3, 0.4) is 0 Å². The normalized spacial score (nSPS) is 12.1. The molecule has 0 aromatic heterocycles. The Morgan fingerprint density at radius 3 is 2.38 bits per heavy atom. The standard InChI is InChI=1S/C18H20Cl2O/c19-14-15(13-16-8-4-5-11-18(16)20)7-6-12-21-17-9-2-1-3-10-17/h1-5,8-11,15H,6-7,12-14H2. The quantitative estimate of drug-likeness (QED) is 0.454. The molecule has 0 fully saturated rings. The lowest BCUT2D eigenvalue weighted by Gasteiger charge is -2.15. The van der Waals surface area contributed by atoms with E-state index >= 15 is 0 Å². The molecule has 3 heteroatoms. The Balaban J connectivity index is 1.74. The molecule has 0 N–H and O–H groups in total. The largest absolute Gasteiger partial charge is 0.494 e. The van der Waals surface area contributed by atoms with E-state index in [2.05, 4.69) is 6.07 Å². The summed E-state index contributed by atoms with van der Waals surface area (Å²) in [6.45, 7) is 0.722. The lowest BCUT2D eigenvalue weighted by molar-refractivity contribution is 0.295. The first-order valence-electron chi connectivity index (χ1n) is 7.27. The minimum absolute atomic E-state index is 0.436. The van der Waals surface area contributed by atoms with E-state index in [1.54, 1.807) is 0 Å². The zero-order chi connectivity index (χ0) is 14.9. The van der Waals surface area contributed by atoms with Gasteiger partial charge in [-0.3, -0.25) is 0 Å². The van der Waals surface area contributed by atoms with Crippen molar-refractivity contribution < 1.29 is 4.74 Å². The topological polar surface area (TPSA) is 9.23 Å².